The molecular formula is C36H39Cl2N7O5. The van der Waals surface area contributed by atoms with Gasteiger partial charge in [-0.2, -0.15) is 5.10 Å². The number of urea groups is 1. The average molecular weight is 721 g/mol. The topological polar surface area (TPSA) is 106 Å². The molecule has 0 spiro atoms. The average Bonchev–Trinajstić information content (AvgIpc) is 3.86. The van der Waals surface area contributed by atoms with E-state index in [9.17, 15) is 9.59 Å². The molecule has 12 nitrogen and oxygen atoms in total. The first-order valence-electron chi connectivity index (χ1n) is 16.9. The molecule has 0 radical (unpaired) electrons. The molecule has 4 aromatic rings. The molecular weight excluding hydrogens is 681 g/mol. The minimum atomic E-state index is -1.17. The molecule has 0 bridgehead atoms. The highest BCUT2D eigenvalue weighted by atomic mass is 35.5. The number of rotatable bonds is 12. The predicted molar refractivity (Wildman–Crippen MR) is 191 cm³/mol. The van der Waals surface area contributed by atoms with Crippen molar-refractivity contribution >= 4 is 52.2 Å². The highest BCUT2D eigenvalue weighted by molar-refractivity contribution is 6.35. The van der Waals surface area contributed by atoms with E-state index in [2.05, 4.69) is 38.9 Å². The number of carbonyl (C=O) groups excluding carboxylic acids is 2. The van der Waals surface area contributed by atoms with Gasteiger partial charge in [-0.3, -0.25) is 4.79 Å². The Hall–Kier alpha value is -4.36. The summed E-state index contributed by atoms with van der Waals surface area (Å²) < 4.78 is 20.5. The largest absolute Gasteiger partial charge is 0.491 e. The molecule has 3 fully saturated rings. The molecule has 2 atom stereocenters. The fourth-order valence-electron chi connectivity index (χ4n) is 6.59. The summed E-state index contributed by atoms with van der Waals surface area (Å²) in [5.74, 6) is -0.609. The summed E-state index contributed by atoms with van der Waals surface area (Å²) in [7, 11) is 0. The Morgan fingerprint density at radius 3 is 2.24 bits per heavy atom. The van der Waals surface area contributed by atoms with Gasteiger partial charge in [-0.25, -0.2) is 19.4 Å². The van der Waals surface area contributed by atoms with E-state index in [-0.39, 0.29) is 31.1 Å². The van der Waals surface area contributed by atoms with Crippen molar-refractivity contribution in [2.24, 2.45) is 0 Å². The van der Waals surface area contributed by atoms with Crippen molar-refractivity contribution in [3.8, 4) is 5.75 Å². The molecule has 3 aliphatic rings. The highest BCUT2D eigenvalue weighted by Crippen LogP contribution is 2.40. The van der Waals surface area contributed by atoms with Gasteiger partial charge in [-0.1, -0.05) is 42.6 Å². The lowest BCUT2D eigenvalue weighted by Gasteiger charge is -2.37. The second-order valence-corrected chi connectivity index (χ2v) is 13.4. The molecule has 50 heavy (non-hydrogen) atoms. The van der Waals surface area contributed by atoms with Gasteiger partial charge in [0.2, 0.25) is 5.79 Å². The van der Waals surface area contributed by atoms with Crippen LogP contribution in [-0.4, -0.2) is 90.2 Å². The van der Waals surface area contributed by atoms with Crippen LogP contribution in [-0.2, 0) is 26.6 Å². The van der Waals surface area contributed by atoms with Gasteiger partial charge in [-0.15, -0.1) is 0 Å². The van der Waals surface area contributed by atoms with Crippen molar-refractivity contribution in [3.05, 3.63) is 95.0 Å². The zero-order valence-corrected chi connectivity index (χ0v) is 29.3. The first kappa shape index (κ1) is 34.1. The van der Waals surface area contributed by atoms with Gasteiger partial charge >= 0.3 is 6.03 Å². The van der Waals surface area contributed by atoms with Crippen molar-refractivity contribution in [2.75, 3.05) is 67.2 Å². The number of unbranched alkanes of at least 4 members (excludes halogenated alkanes) is 1. The number of amides is 3. The van der Waals surface area contributed by atoms with Crippen LogP contribution in [0.1, 0.15) is 25.3 Å². The van der Waals surface area contributed by atoms with E-state index in [1.54, 1.807) is 28.0 Å². The van der Waals surface area contributed by atoms with Crippen LogP contribution in [0.3, 0.4) is 0 Å². The number of nitrogens with zero attached hydrogens (tertiary/aromatic N) is 7. The van der Waals surface area contributed by atoms with Crippen LogP contribution in [0, 0.1) is 0 Å². The van der Waals surface area contributed by atoms with Crippen LogP contribution in [0.2, 0.25) is 10.0 Å². The Balaban J connectivity index is 0.910. The number of benzene rings is 3. The van der Waals surface area contributed by atoms with Crippen LogP contribution in [0.15, 0.2) is 79.4 Å². The molecule has 14 heteroatoms. The zero-order valence-electron chi connectivity index (χ0n) is 27.8. The molecule has 3 aliphatic heterocycles. The van der Waals surface area contributed by atoms with Crippen LogP contribution >= 0.6 is 23.2 Å². The molecule has 3 saturated heterocycles. The molecule has 0 N–H and O–H groups in total. The Labute approximate surface area is 301 Å². The van der Waals surface area contributed by atoms with E-state index in [0.29, 0.717) is 41.1 Å². The lowest BCUT2D eigenvalue weighted by Crippen LogP contribution is -2.46. The van der Waals surface area contributed by atoms with Gasteiger partial charge in [0.25, 0.3) is 5.91 Å². The summed E-state index contributed by atoms with van der Waals surface area (Å²) >= 11 is 12.7. The number of ether oxygens (including phenoxy) is 3. The summed E-state index contributed by atoms with van der Waals surface area (Å²) in [4.78, 5) is 37.1. The zero-order chi connectivity index (χ0) is 34.7. The third-order valence-electron chi connectivity index (χ3n) is 9.25. The normalized spacial score (nSPS) is 21.1. The third-order valence-corrected chi connectivity index (χ3v) is 9.79. The fraction of sp³-hybridized carbons (Fsp3) is 0.389. The number of imide groups is 1. The summed E-state index contributed by atoms with van der Waals surface area (Å²) in [5.41, 5.74) is 3.47. The van der Waals surface area contributed by atoms with E-state index in [4.69, 9.17) is 37.4 Å². The van der Waals surface area contributed by atoms with Gasteiger partial charge in [0, 0.05) is 54.7 Å². The maximum atomic E-state index is 12.8. The Morgan fingerprint density at radius 2 is 1.60 bits per heavy atom. The summed E-state index contributed by atoms with van der Waals surface area (Å²) in [6, 6.07) is 20.8. The molecule has 262 valence electrons. The maximum absolute atomic E-state index is 12.8. The number of aromatic nitrogens is 3. The van der Waals surface area contributed by atoms with Gasteiger partial charge < -0.3 is 28.9 Å². The molecule has 0 unspecified atom stereocenters. The predicted octanol–water partition coefficient (Wildman–Crippen LogP) is 5.83. The monoisotopic (exact) mass is 719 g/mol. The van der Waals surface area contributed by atoms with E-state index in [0.717, 1.165) is 56.1 Å². The lowest BCUT2D eigenvalue weighted by molar-refractivity contribution is -0.190. The molecule has 7 rings (SSSR count). The molecule has 1 aromatic heterocycles. The molecule has 0 aliphatic carbocycles. The van der Waals surface area contributed by atoms with Crippen molar-refractivity contribution in [1.82, 2.24) is 19.7 Å². The van der Waals surface area contributed by atoms with Crippen molar-refractivity contribution in [3.63, 3.8) is 0 Å². The first-order chi connectivity index (χ1) is 24.3. The smallest absolute Gasteiger partial charge is 0.331 e. The van der Waals surface area contributed by atoms with E-state index >= 15 is 0 Å². The number of halogens is 2. The second kappa shape index (κ2) is 14.9. The quantitative estimate of drug-likeness (QED) is 0.167. The van der Waals surface area contributed by atoms with Gasteiger partial charge in [-0.05, 0) is 67.1 Å². The Kier molecular flexibility index (Phi) is 10.1. The maximum Gasteiger partial charge on any atom is 0.331 e. The summed E-state index contributed by atoms with van der Waals surface area (Å²) in [6.07, 6.45) is 4.58. The summed E-state index contributed by atoms with van der Waals surface area (Å²) in [5, 5.41) is 5.19. The minimum Gasteiger partial charge on any atom is -0.491 e. The van der Waals surface area contributed by atoms with Gasteiger partial charge in [0.05, 0.1) is 17.3 Å². The highest BCUT2D eigenvalue weighted by Gasteiger charge is 2.46. The molecule has 0 saturated carbocycles. The van der Waals surface area contributed by atoms with Crippen molar-refractivity contribution in [2.45, 2.75) is 38.2 Å². The Bertz CT molecular complexity index is 1790. The van der Waals surface area contributed by atoms with Crippen LogP contribution in [0.4, 0.5) is 21.9 Å². The van der Waals surface area contributed by atoms with Crippen LogP contribution < -0.4 is 19.4 Å². The van der Waals surface area contributed by atoms with Crippen molar-refractivity contribution < 1.29 is 23.8 Å². The fourth-order valence-corrected chi connectivity index (χ4v) is 7.14. The molecule has 3 aromatic carbocycles. The number of hydrogen-bond acceptors (Lipinski definition) is 9. The number of hydrogen-bond donors (Lipinski definition) is 0. The third kappa shape index (κ3) is 7.25. The SMILES string of the molecule is CCCCN1CC(=O)N(c2ccc(N3CCN(c4ccc(OC[C@@H]5CO[C@@](Cn6cncn6)(c6ccc(Cl)cc6Cl)O5)cc4)CC3)cc2)C1=O. The molecule has 4 heterocycles. The lowest BCUT2D eigenvalue weighted by atomic mass is 10.1. The van der Waals surface area contributed by atoms with Crippen LogP contribution in [0.5, 0.6) is 5.75 Å². The standard InChI is InChI=1S/C36H39Cl2N7O5/c1-2-3-14-43-20-34(46)45(35(43)47)29-7-5-27(6-8-29)41-15-17-42(18-16-41)28-9-11-30(12-10-28)48-21-31-22-49-36(50-31,23-44-25-39-24-40-44)32-13-4-26(37)19-33(32)38/h4-13,19,24-25,31H,2-3,14-18,20-23H2,1H3/t31-,36-/m1/s1. The first-order valence-corrected chi connectivity index (χ1v) is 17.6. The second-order valence-electron chi connectivity index (χ2n) is 12.6. The van der Waals surface area contributed by atoms with E-state index in [1.165, 1.54) is 11.2 Å². The van der Waals surface area contributed by atoms with E-state index in [1.807, 2.05) is 42.5 Å². The van der Waals surface area contributed by atoms with E-state index < -0.39 is 5.79 Å². The van der Waals surface area contributed by atoms with Gasteiger partial charge in [0.1, 0.15) is 44.2 Å². The number of carbonyl (C=O) groups is 2. The Morgan fingerprint density at radius 1 is 0.920 bits per heavy atom. The molecule has 3 amide bonds. The van der Waals surface area contributed by atoms with Crippen molar-refractivity contribution in [1.29, 1.82) is 0 Å². The number of anilines is 3. The van der Waals surface area contributed by atoms with Gasteiger partial charge in [0.15, 0.2) is 0 Å². The number of piperazine rings is 1. The minimum absolute atomic E-state index is 0.146. The summed E-state index contributed by atoms with van der Waals surface area (Å²) in [6.45, 7) is 7.08. The van der Waals surface area contributed by atoms with Crippen LogP contribution in [0.25, 0.3) is 0 Å².